The average Bonchev–Trinajstić information content (AvgIpc) is 3.14. The van der Waals surface area contributed by atoms with Crippen molar-refractivity contribution in [2.75, 3.05) is 65.6 Å². The molecule has 0 radical (unpaired) electrons. The standard InChI is InChI=1S/C17H30N4O3.2ClH/c18-14-17(3-11-24-12-4-17)16(23)21-9-7-20(8-10-21)15(22)13-19-5-1-2-6-19;;/h1-14,18H2;2*1H. The van der Waals surface area contributed by atoms with Crippen LogP contribution in [-0.4, -0.2) is 92.1 Å². The van der Waals surface area contributed by atoms with Crippen LogP contribution in [0.5, 0.6) is 0 Å². The molecule has 26 heavy (non-hydrogen) atoms. The van der Waals surface area contributed by atoms with Crippen molar-refractivity contribution in [3.05, 3.63) is 0 Å². The summed E-state index contributed by atoms with van der Waals surface area (Å²) in [5.41, 5.74) is 5.48. The molecule has 0 saturated carbocycles. The highest BCUT2D eigenvalue weighted by Gasteiger charge is 2.42. The molecule has 0 spiro atoms. The van der Waals surface area contributed by atoms with Crippen molar-refractivity contribution < 1.29 is 14.3 Å². The van der Waals surface area contributed by atoms with Gasteiger partial charge < -0.3 is 20.3 Å². The molecule has 9 heteroatoms. The zero-order valence-electron chi connectivity index (χ0n) is 15.4. The molecule has 0 unspecified atom stereocenters. The minimum absolute atomic E-state index is 0. The predicted octanol–water partition coefficient (Wildman–Crippen LogP) is 0.352. The van der Waals surface area contributed by atoms with Crippen molar-refractivity contribution in [2.24, 2.45) is 11.1 Å². The number of carbonyl (C=O) groups excluding carboxylic acids is 2. The van der Waals surface area contributed by atoms with E-state index in [0.29, 0.717) is 65.3 Å². The van der Waals surface area contributed by atoms with Crippen molar-refractivity contribution in [1.82, 2.24) is 14.7 Å². The summed E-state index contributed by atoms with van der Waals surface area (Å²) in [5, 5.41) is 0. The molecular weight excluding hydrogens is 379 g/mol. The Kier molecular flexibility index (Phi) is 9.61. The molecule has 3 saturated heterocycles. The van der Waals surface area contributed by atoms with Crippen molar-refractivity contribution in [3.63, 3.8) is 0 Å². The first-order chi connectivity index (χ1) is 11.6. The molecule has 2 amide bonds. The van der Waals surface area contributed by atoms with E-state index in [1.165, 1.54) is 12.8 Å². The van der Waals surface area contributed by atoms with Gasteiger partial charge in [0.05, 0.1) is 12.0 Å². The van der Waals surface area contributed by atoms with Gasteiger partial charge in [-0.2, -0.15) is 0 Å². The molecule has 0 aromatic carbocycles. The van der Waals surface area contributed by atoms with Crippen molar-refractivity contribution in [3.8, 4) is 0 Å². The van der Waals surface area contributed by atoms with E-state index in [2.05, 4.69) is 4.90 Å². The molecule has 0 bridgehead atoms. The molecule has 0 aromatic heterocycles. The highest BCUT2D eigenvalue weighted by atomic mass is 35.5. The first-order valence-corrected chi connectivity index (χ1v) is 9.22. The summed E-state index contributed by atoms with van der Waals surface area (Å²) >= 11 is 0. The van der Waals surface area contributed by atoms with Gasteiger partial charge in [0.2, 0.25) is 11.8 Å². The van der Waals surface area contributed by atoms with Crippen LogP contribution in [0.3, 0.4) is 0 Å². The molecule has 3 aliphatic heterocycles. The summed E-state index contributed by atoms with van der Waals surface area (Å²) in [6, 6.07) is 0. The van der Waals surface area contributed by atoms with Crippen LogP contribution in [0.2, 0.25) is 0 Å². The molecule has 0 aromatic rings. The summed E-state index contributed by atoms with van der Waals surface area (Å²) < 4.78 is 5.39. The quantitative estimate of drug-likeness (QED) is 0.723. The lowest BCUT2D eigenvalue weighted by Gasteiger charge is -2.42. The lowest BCUT2D eigenvalue weighted by molar-refractivity contribution is -0.151. The number of hydrogen-bond donors (Lipinski definition) is 1. The summed E-state index contributed by atoms with van der Waals surface area (Å²) in [6.07, 6.45) is 3.80. The van der Waals surface area contributed by atoms with Gasteiger partial charge in [-0.25, -0.2) is 0 Å². The highest BCUT2D eigenvalue weighted by Crippen LogP contribution is 2.32. The number of piperazine rings is 1. The largest absolute Gasteiger partial charge is 0.381 e. The van der Waals surface area contributed by atoms with Crippen LogP contribution in [-0.2, 0) is 14.3 Å². The number of nitrogens with two attached hydrogens (primary N) is 1. The monoisotopic (exact) mass is 410 g/mol. The molecule has 3 heterocycles. The maximum atomic E-state index is 12.9. The first kappa shape index (κ1) is 23.4. The number of rotatable bonds is 4. The van der Waals surface area contributed by atoms with Crippen molar-refractivity contribution >= 4 is 36.6 Å². The lowest BCUT2D eigenvalue weighted by atomic mass is 9.78. The van der Waals surface area contributed by atoms with E-state index >= 15 is 0 Å². The summed E-state index contributed by atoms with van der Waals surface area (Å²) in [5.74, 6) is 0.351. The van der Waals surface area contributed by atoms with Crippen LogP contribution in [0.1, 0.15) is 25.7 Å². The smallest absolute Gasteiger partial charge is 0.236 e. The second kappa shape index (κ2) is 10.7. The van der Waals surface area contributed by atoms with Gasteiger partial charge in [0.15, 0.2) is 0 Å². The van der Waals surface area contributed by atoms with Crippen LogP contribution in [0, 0.1) is 5.41 Å². The van der Waals surface area contributed by atoms with Gasteiger partial charge in [0.1, 0.15) is 0 Å². The van der Waals surface area contributed by atoms with Crippen LogP contribution in [0.25, 0.3) is 0 Å². The predicted molar refractivity (Wildman–Crippen MR) is 105 cm³/mol. The van der Waals surface area contributed by atoms with Gasteiger partial charge in [-0.1, -0.05) is 0 Å². The second-order valence-corrected chi connectivity index (χ2v) is 7.25. The van der Waals surface area contributed by atoms with E-state index in [9.17, 15) is 9.59 Å². The fraction of sp³-hybridized carbons (Fsp3) is 0.882. The van der Waals surface area contributed by atoms with E-state index in [-0.39, 0.29) is 36.6 Å². The Morgan fingerprint density at radius 3 is 1.96 bits per heavy atom. The molecule has 7 nitrogen and oxygen atoms in total. The molecule has 0 aliphatic carbocycles. The third kappa shape index (κ3) is 5.23. The van der Waals surface area contributed by atoms with Crippen LogP contribution in [0.4, 0.5) is 0 Å². The van der Waals surface area contributed by atoms with Crippen molar-refractivity contribution in [2.45, 2.75) is 25.7 Å². The number of likely N-dealkylation sites (tertiary alicyclic amines) is 1. The van der Waals surface area contributed by atoms with Gasteiger partial charge >= 0.3 is 0 Å². The van der Waals surface area contributed by atoms with Gasteiger partial charge in [0.25, 0.3) is 0 Å². The number of amides is 2. The molecule has 152 valence electrons. The Balaban J connectivity index is 0.00000169. The summed E-state index contributed by atoms with van der Waals surface area (Å²) in [6.45, 7) is 6.69. The van der Waals surface area contributed by atoms with E-state index in [0.717, 1.165) is 13.1 Å². The molecular formula is C17H32Cl2N4O3. The minimum Gasteiger partial charge on any atom is -0.381 e. The Bertz CT molecular complexity index is 461. The SMILES string of the molecule is Cl.Cl.NCC1(C(=O)N2CCN(C(=O)CN3CCCC3)CC2)CCOCC1. The lowest BCUT2D eigenvalue weighted by Crippen LogP contribution is -2.57. The van der Waals surface area contributed by atoms with Crippen LogP contribution in [0.15, 0.2) is 0 Å². The van der Waals surface area contributed by atoms with Gasteiger partial charge in [-0.3, -0.25) is 14.5 Å². The van der Waals surface area contributed by atoms with Gasteiger partial charge in [-0.05, 0) is 38.8 Å². The molecule has 3 aliphatic rings. The number of hydrogen-bond acceptors (Lipinski definition) is 5. The Hall–Kier alpha value is -0.600. The first-order valence-electron chi connectivity index (χ1n) is 9.22. The van der Waals surface area contributed by atoms with Crippen molar-refractivity contribution in [1.29, 1.82) is 0 Å². The second-order valence-electron chi connectivity index (χ2n) is 7.25. The number of ether oxygens (including phenoxy) is 1. The molecule has 3 fully saturated rings. The third-order valence-corrected chi connectivity index (χ3v) is 5.77. The van der Waals surface area contributed by atoms with E-state index in [1.807, 2.05) is 9.80 Å². The maximum Gasteiger partial charge on any atom is 0.236 e. The number of halogens is 2. The topological polar surface area (TPSA) is 79.1 Å². The zero-order chi connectivity index (χ0) is 17.0. The Morgan fingerprint density at radius 1 is 0.885 bits per heavy atom. The van der Waals surface area contributed by atoms with E-state index in [1.54, 1.807) is 0 Å². The van der Waals surface area contributed by atoms with E-state index in [4.69, 9.17) is 10.5 Å². The number of nitrogens with zero attached hydrogens (tertiary/aromatic N) is 3. The van der Waals surface area contributed by atoms with Gasteiger partial charge in [0, 0.05) is 45.9 Å². The summed E-state index contributed by atoms with van der Waals surface area (Å²) in [4.78, 5) is 31.4. The maximum absolute atomic E-state index is 12.9. The highest BCUT2D eigenvalue weighted by molar-refractivity contribution is 5.86. The fourth-order valence-electron chi connectivity index (χ4n) is 3.99. The molecule has 0 atom stereocenters. The normalized spacial score (nSPS) is 23.1. The molecule has 2 N–H and O–H groups in total. The van der Waals surface area contributed by atoms with Crippen LogP contribution < -0.4 is 5.73 Å². The van der Waals surface area contributed by atoms with E-state index < -0.39 is 5.41 Å². The van der Waals surface area contributed by atoms with Crippen LogP contribution >= 0.6 is 24.8 Å². The zero-order valence-corrected chi connectivity index (χ0v) is 17.0. The van der Waals surface area contributed by atoms with Gasteiger partial charge in [-0.15, -0.1) is 24.8 Å². The molecule has 3 rings (SSSR count). The average molecular weight is 411 g/mol. The fourth-order valence-corrected chi connectivity index (χ4v) is 3.99. The minimum atomic E-state index is -0.458. The number of carbonyl (C=O) groups is 2. The Labute approximate surface area is 168 Å². The summed E-state index contributed by atoms with van der Waals surface area (Å²) in [7, 11) is 0. The Morgan fingerprint density at radius 2 is 1.42 bits per heavy atom. The third-order valence-electron chi connectivity index (χ3n) is 5.77.